The van der Waals surface area contributed by atoms with Crippen molar-refractivity contribution in [3.63, 3.8) is 0 Å². The van der Waals surface area contributed by atoms with Gasteiger partial charge in [0.2, 0.25) is 0 Å². The van der Waals surface area contributed by atoms with E-state index in [1.807, 2.05) is 37.3 Å². The van der Waals surface area contributed by atoms with Crippen LogP contribution in [0.5, 0.6) is 11.5 Å². The van der Waals surface area contributed by atoms with Gasteiger partial charge < -0.3 is 9.47 Å². The molecule has 0 radical (unpaired) electrons. The van der Waals surface area contributed by atoms with Crippen LogP contribution < -0.4 is 9.47 Å². The molecule has 0 aliphatic rings. The van der Waals surface area contributed by atoms with Crippen molar-refractivity contribution < 1.29 is 14.3 Å². The molecule has 3 aromatic rings. The molecule has 0 saturated heterocycles. The Bertz CT molecular complexity index is 899. The molecule has 132 valence electrons. The van der Waals surface area contributed by atoms with Gasteiger partial charge in [-0.15, -0.1) is 0 Å². The van der Waals surface area contributed by atoms with Crippen molar-refractivity contribution in [1.82, 2.24) is 0 Å². The van der Waals surface area contributed by atoms with Gasteiger partial charge in [-0.1, -0.05) is 59.7 Å². The van der Waals surface area contributed by atoms with Crippen molar-refractivity contribution in [3.8, 4) is 11.5 Å². The summed E-state index contributed by atoms with van der Waals surface area (Å²) >= 11 is 0. The average molecular weight is 346 g/mol. The molecule has 0 aromatic heterocycles. The van der Waals surface area contributed by atoms with Crippen molar-refractivity contribution in [1.29, 1.82) is 0 Å². The monoisotopic (exact) mass is 346 g/mol. The SMILES string of the molecule is Cc1cccc(COc2ccc(C=O)c(OCc3cccc(C)c3)c2)c1. The lowest BCUT2D eigenvalue weighted by Crippen LogP contribution is -2.00. The van der Waals surface area contributed by atoms with Gasteiger partial charge in [-0.05, 0) is 37.1 Å². The van der Waals surface area contributed by atoms with Gasteiger partial charge in [0.1, 0.15) is 24.7 Å². The number of carbonyl (C=O) groups excluding carboxylic acids is 1. The Balaban J connectivity index is 1.70. The van der Waals surface area contributed by atoms with Crippen molar-refractivity contribution in [2.45, 2.75) is 27.1 Å². The smallest absolute Gasteiger partial charge is 0.153 e. The topological polar surface area (TPSA) is 35.5 Å². The number of benzene rings is 3. The fourth-order valence-electron chi connectivity index (χ4n) is 2.76. The van der Waals surface area contributed by atoms with E-state index in [4.69, 9.17) is 9.47 Å². The van der Waals surface area contributed by atoms with E-state index < -0.39 is 0 Å². The molecule has 3 aromatic carbocycles. The van der Waals surface area contributed by atoms with E-state index in [0.717, 1.165) is 17.4 Å². The first-order valence-corrected chi connectivity index (χ1v) is 8.60. The predicted molar refractivity (Wildman–Crippen MR) is 103 cm³/mol. The molecule has 0 bridgehead atoms. The van der Waals surface area contributed by atoms with Crippen molar-refractivity contribution >= 4 is 6.29 Å². The van der Waals surface area contributed by atoms with E-state index in [2.05, 4.69) is 25.1 Å². The molecule has 3 heteroatoms. The summed E-state index contributed by atoms with van der Waals surface area (Å²) in [5, 5.41) is 0. The summed E-state index contributed by atoms with van der Waals surface area (Å²) < 4.78 is 11.7. The van der Waals surface area contributed by atoms with Gasteiger partial charge in [0.25, 0.3) is 0 Å². The third kappa shape index (κ3) is 4.73. The summed E-state index contributed by atoms with van der Waals surface area (Å²) in [6, 6.07) is 21.6. The highest BCUT2D eigenvalue weighted by molar-refractivity contribution is 5.79. The van der Waals surface area contributed by atoms with E-state index in [-0.39, 0.29) is 0 Å². The molecule has 0 amide bonds. The van der Waals surface area contributed by atoms with Gasteiger partial charge in [0.05, 0.1) is 5.56 Å². The Hall–Kier alpha value is -3.07. The Labute approximate surface area is 154 Å². The minimum Gasteiger partial charge on any atom is -0.489 e. The van der Waals surface area contributed by atoms with Crippen LogP contribution in [0.15, 0.2) is 66.7 Å². The first-order chi connectivity index (χ1) is 12.6. The Kier molecular flexibility index (Phi) is 5.69. The molecule has 0 atom stereocenters. The zero-order valence-electron chi connectivity index (χ0n) is 15.1. The molecule has 0 fully saturated rings. The highest BCUT2D eigenvalue weighted by Crippen LogP contribution is 2.25. The molecule has 0 spiro atoms. The van der Waals surface area contributed by atoms with Gasteiger partial charge in [-0.3, -0.25) is 4.79 Å². The lowest BCUT2D eigenvalue weighted by molar-refractivity contribution is 0.111. The van der Waals surface area contributed by atoms with E-state index in [1.165, 1.54) is 11.1 Å². The third-order valence-electron chi connectivity index (χ3n) is 4.08. The number of aldehydes is 1. The second-order valence-corrected chi connectivity index (χ2v) is 6.37. The third-order valence-corrected chi connectivity index (χ3v) is 4.08. The maximum atomic E-state index is 11.3. The zero-order chi connectivity index (χ0) is 18.4. The number of hydrogen-bond donors (Lipinski definition) is 0. The lowest BCUT2D eigenvalue weighted by atomic mass is 10.1. The number of carbonyl (C=O) groups is 1. The van der Waals surface area contributed by atoms with E-state index in [9.17, 15) is 4.79 Å². The quantitative estimate of drug-likeness (QED) is 0.546. The summed E-state index contributed by atoms with van der Waals surface area (Å²) in [7, 11) is 0. The second kappa shape index (κ2) is 8.34. The van der Waals surface area contributed by atoms with Gasteiger partial charge in [-0.2, -0.15) is 0 Å². The number of hydrogen-bond acceptors (Lipinski definition) is 3. The Morgan fingerprint density at radius 2 is 1.38 bits per heavy atom. The van der Waals surface area contributed by atoms with Crippen LogP contribution in [0, 0.1) is 13.8 Å². The molecule has 0 heterocycles. The summed E-state index contributed by atoms with van der Waals surface area (Å²) in [5.74, 6) is 1.21. The molecule has 0 saturated carbocycles. The summed E-state index contributed by atoms with van der Waals surface area (Å²) in [6.45, 7) is 4.98. The first-order valence-electron chi connectivity index (χ1n) is 8.60. The normalized spacial score (nSPS) is 10.4. The summed E-state index contributed by atoms with van der Waals surface area (Å²) in [5.41, 5.74) is 5.06. The molecule has 3 nitrogen and oxygen atoms in total. The number of rotatable bonds is 7. The van der Waals surface area contributed by atoms with Crippen LogP contribution in [-0.4, -0.2) is 6.29 Å². The van der Waals surface area contributed by atoms with Gasteiger partial charge in [0.15, 0.2) is 6.29 Å². The summed E-state index contributed by atoms with van der Waals surface area (Å²) in [4.78, 5) is 11.3. The zero-order valence-corrected chi connectivity index (χ0v) is 15.1. The molecular weight excluding hydrogens is 324 g/mol. The predicted octanol–water partition coefficient (Wildman–Crippen LogP) is 5.27. The number of aryl methyl sites for hydroxylation is 2. The van der Waals surface area contributed by atoms with E-state index >= 15 is 0 Å². The van der Waals surface area contributed by atoms with E-state index in [1.54, 1.807) is 18.2 Å². The lowest BCUT2D eigenvalue weighted by Gasteiger charge is -2.12. The van der Waals surface area contributed by atoms with Crippen LogP contribution in [0.4, 0.5) is 0 Å². The fraction of sp³-hybridized carbons (Fsp3) is 0.174. The largest absolute Gasteiger partial charge is 0.489 e. The van der Waals surface area contributed by atoms with Crippen LogP contribution in [0.25, 0.3) is 0 Å². The molecule has 26 heavy (non-hydrogen) atoms. The van der Waals surface area contributed by atoms with Crippen LogP contribution in [-0.2, 0) is 13.2 Å². The van der Waals surface area contributed by atoms with Gasteiger partial charge >= 0.3 is 0 Å². The second-order valence-electron chi connectivity index (χ2n) is 6.37. The molecule has 0 N–H and O–H groups in total. The standard InChI is InChI=1S/C23H22O3/c1-17-5-3-7-19(11-17)15-25-22-10-9-21(14-24)23(13-22)26-16-20-8-4-6-18(2)12-20/h3-14H,15-16H2,1-2H3. The van der Waals surface area contributed by atoms with Crippen LogP contribution in [0.3, 0.4) is 0 Å². The van der Waals surface area contributed by atoms with Gasteiger partial charge in [0, 0.05) is 6.07 Å². The fourth-order valence-corrected chi connectivity index (χ4v) is 2.76. The van der Waals surface area contributed by atoms with Crippen molar-refractivity contribution in [2.75, 3.05) is 0 Å². The van der Waals surface area contributed by atoms with Crippen molar-refractivity contribution in [2.24, 2.45) is 0 Å². The Morgan fingerprint density at radius 3 is 1.96 bits per heavy atom. The molecule has 0 unspecified atom stereocenters. The summed E-state index contributed by atoms with van der Waals surface area (Å²) in [6.07, 6.45) is 0.802. The maximum absolute atomic E-state index is 11.3. The molecule has 3 rings (SSSR count). The highest BCUT2D eigenvalue weighted by Gasteiger charge is 2.07. The first kappa shape index (κ1) is 17.7. The minimum absolute atomic E-state index is 0.407. The number of ether oxygens (including phenoxy) is 2. The van der Waals surface area contributed by atoms with Crippen LogP contribution in [0.2, 0.25) is 0 Å². The highest BCUT2D eigenvalue weighted by atomic mass is 16.5. The Morgan fingerprint density at radius 1 is 0.769 bits per heavy atom. The molecule has 0 aliphatic heterocycles. The van der Waals surface area contributed by atoms with Crippen LogP contribution in [0.1, 0.15) is 32.6 Å². The average Bonchev–Trinajstić information content (AvgIpc) is 2.65. The van der Waals surface area contributed by atoms with Crippen molar-refractivity contribution in [3.05, 3.63) is 94.5 Å². The van der Waals surface area contributed by atoms with Gasteiger partial charge in [-0.25, -0.2) is 0 Å². The molecule has 0 aliphatic carbocycles. The van der Waals surface area contributed by atoms with E-state index in [0.29, 0.717) is 30.3 Å². The molecular formula is C23H22O3. The minimum atomic E-state index is 0.407. The maximum Gasteiger partial charge on any atom is 0.153 e. The van der Waals surface area contributed by atoms with Crippen LogP contribution >= 0.6 is 0 Å².